The molecular weight excluding hydrogens is 360 g/mol. The van der Waals surface area contributed by atoms with Gasteiger partial charge in [-0.1, -0.05) is 11.6 Å². The predicted octanol–water partition coefficient (Wildman–Crippen LogP) is 3.88. The second kappa shape index (κ2) is 7.45. The highest BCUT2D eigenvalue weighted by atomic mass is 35.5. The number of carbonyl (C=O) groups is 2. The largest absolute Gasteiger partial charge is 0.492 e. The van der Waals surface area contributed by atoms with Crippen LogP contribution in [0.3, 0.4) is 0 Å². The zero-order valence-electron chi connectivity index (χ0n) is 13.8. The quantitative estimate of drug-likeness (QED) is 0.858. The number of ether oxygens (including phenoxy) is 1. The van der Waals surface area contributed by atoms with Crippen molar-refractivity contribution in [2.24, 2.45) is 5.73 Å². The first-order valence-corrected chi connectivity index (χ1v) is 9.33. The Morgan fingerprint density at radius 3 is 2.80 bits per heavy atom. The minimum atomic E-state index is -0.439. The van der Waals surface area contributed by atoms with Crippen molar-refractivity contribution in [1.82, 2.24) is 4.90 Å². The molecule has 7 heteroatoms. The lowest BCUT2D eigenvalue weighted by molar-refractivity contribution is 0.0737. The molecular formula is C18H19ClN2O3S. The first-order chi connectivity index (χ1) is 12.0. The van der Waals surface area contributed by atoms with E-state index in [0.717, 1.165) is 17.7 Å². The lowest BCUT2D eigenvalue weighted by atomic mass is 10.1. The Labute approximate surface area is 155 Å². The number of rotatable bonds is 5. The average Bonchev–Trinajstić information content (AvgIpc) is 3.25. The average molecular weight is 379 g/mol. The normalized spacial score (nSPS) is 16.9. The van der Waals surface area contributed by atoms with Crippen molar-refractivity contribution in [2.45, 2.75) is 25.8 Å². The molecule has 2 amide bonds. The van der Waals surface area contributed by atoms with Crippen LogP contribution in [0.15, 0.2) is 30.3 Å². The van der Waals surface area contributed by atoms with Crippen molar-refractivity contribution in [1.29, 1.82) is 0 Å². The number of amides is 2. The van der Waals surface area contributed by atoms with Crippen LogP contribution in [-0.4, -0.2) is 29.9 Å². The van der Waals surface area contributed by atoms with Crippen LogP contribution in [0, 0.1) is 0 Å². The molecule has 3 rings (SSSR count). The topological polar surface area (TPSA) is 72.6 Å². The SMILES string of the molecule is CCOc1ccc(C(=O)N2CCC[C@H]2c2ccc(C(N)=O)s2)cc1Cl. The summed E-state index contributed by atoms with van der Waals surface area (Å²) >= 11 is 7.56. The zero-order valence-corrected chi connectivity index (χ0v) is 15.4. The van der Waals surface area contributed by atoms with Crippen molar-refractivity contribution in [3.63, 3.8) is 0 Å². The van der Waals surface area contributed by atoms with Crippen molar-refractivity contribution in [3.05, 3.63) is 50.7 Å². The third-order valence-corrected chi connectivity index (χ3v) is 5.69. The summed E-state index contributed by atoms with van der Waals surface area (Å²) in [6.45, 7) is 3.07. The fraction of sp³-hybridized carbons (Fsp3) is 0.333. The number of thiophene rings is 1. The summed E-state index contributed by atoms with van der Waals surface area (Å²) in [7, 11) is 0. The molecule has 1 aromatic heterocycles. The lowest BCUT2D eigenvalue weighted by Gasteiger charge is -2.24. The van der Waals surface area contributed by atoms with Crippen molar-refractivity contribution in [2.75, 3.05) is 13.2 Å². The summed E-state index contributed by atoms with van der Waals surface area (Å²) in [6, 6.07) is 8.67. The van der Waals surface area contributed by atoms with E-state index in [4.69, 9.17) is 22.1 Å². The van der Waals surface area contributed by atoms with E-state index in [-0.39, 0.29) is 11.9 Å². The van der Waals surface area contributed by atoms with E-state index in [0.29, 0.717) is 34.4 Å². The fourth-order valence-electron chi connectivity index (χ4n) is 3.04. The third-order valence-electron chi connectivity index (χ3n) is 4.19. The van der Waals surface area contributed by atoms with Gasteiger partial charge in [0.2, 0.25) is 0 Å². The van der Waals surface area contributed by atoms with Gasteiger partial charge in [0.15, 0.2) is 0 Å². The molecule has 132 valence electrons. The van der Waals surface area contributed by atoms with E-state index in [2.05, 4.69) is 0 Å². The number of primary amides is 1. The lowest BCUT2D eigenvalue weighted by Crippen LogP contribution is -2.30. The molecule has 0 spiro atoms. The molecule has 0 saturated carbocycles. The van der Waals surface area contributed by atoms with Crippen molar-refractivity contribution >= 4 is 34.8 Å². The Balaban J connectivity index is 1.83. The molecule has 0 bridgehead atoms. The molecule has 25 heavy (non-hydrogen) atoms. The van der Waals surface area contributed by atoms with Gasteiger partial charge in [-0.25, -0.2) is 0 Å². The summed E-state index contributed by atoms with van der Waals surface area (Å²) in [5, 5.41) is 0.426. The minimum Gasteiger partial charge on any atom is -0.492 e. The smallest absolute Gasteiger partial charge is 0.258 e. The van der Waals surface area contributed by atoms with E-state index in [1.165, 1.54) is 11.3 Å². The number of benzene rings is 1. The molecule has 0 unspecified atom stereocenters. The Morgan fingerprint density at radius 2 is 2.16 bits per heavy atom. The summed E-state index contributed by atoms with van der Waals surface area (Å²) in [5.41, 5.74) is 5.87. The molecule has 1 atom stereocenters. The van der Waals surface area contributed by atoms with E-state index >= 15 is 0 Å². The summed E-state index contributed by atoms with van der Waals surface area (Å²) in [6.07, 6.45) is 1.79. The second-order valence-electron chi connectivity index (χ2n) is 5.80. The first-order valence-electron chi connectivity index (χ1n) is 8.14. The number of hydrogen-bond donors (Lipinski definition) is 1. The van der Waals surface area contributed by atoms with Gasteiger partial charge in [0.1, 0.15) is 5.75 Å². The van der Waals surface area contributed by atoms with Gasteiger partial charge in [-0.05, 0) is 50.1 Å². The fourth-order valence-corrected chi connectivity index (χ4v) is 4.29. The molecule has 1 aromatic carbocycles. The van der Waals surface area contributed by atoms with Crippen LogP contribution in [0.4, 0.5) is 0 Å². The highest BCUT2D eigenvalue weighted by Crippen LogP contribution is 2.37. The van der Waals surface area contributed by atoms with Gasteiger partial charge in [0.25, 0.3) is 11.8 Å². The molecule has 1 aliphatic heterocycles. The number of nitrogens with zero attached hydrogens (tertiary/aromatic N) is 1. The maximum absolute atomic E-state index is 12.9. The first kappa shape index (κ1) is 17.8. The summed E-state index contributed by atoms with van der Waals surface area (Å²) in [5.74, 6) is 0.0648. The molecule has 1 saturated heterocycles. The number of halogens is 1. The van der Waals surface area contributed by atoms with Crippen LogP contribution >= 0.6 is 22.9 Å². The van der Waals surface area contributed by atoms with E-state index in [9.17, 15) is 9.59 Å². The van der Waals surface area contributed by atoms with Crippen LogP contribution in [0.25, 0.3) is 0 Å². The standard InChI is InChI=1S/C18H19ClN2O3S/c1-2-24-14-6-5-11(10-12(14)19)18(23)21-9-3-4-13(21)15-7-8-16(25-15)17(20)22/h5-8,10,13H,2-4,9H2,1H3,(H2,20,22)/t13-/m0/s1. The Bertz CT molecular complexity index is 805. The van der Waals surface area contributed by atoms with Crippen molar-refractivity contribution < 1.29 is 14.3 Å². The molecule has 2 N–H and O–H groups in total. The maximum atomic E-state index is 12.9. The second-order valence-corrected chi connectivity index (χ2v) is 7.32. The van der Waals surface area contributed by atoms with Gasteiger partial charge in [0, 0.05) is 17.0 Å². The maximum Gasteiger partial charge on any atom is 0.258 e. The summed E-state index contributed by atoms with van der Waals surface area (Å²) in [4.78, 5) is 27.6. The molecule has 5 nitrogen and oxygen atoms in total. The van der Waals surface area contributed by atoms with Crippen LogP contribution in [0.5, 0.6) is 5.75 Å². The number of nitrogens with two attached hydrogens (primary N) is 1. The highest BCUT2D eigenvalue weighted by molar-refractivity contribution is 7.14. The molecule has 1 aliphatic rings. The van der Waals surface area contributed by atoms with E-state index in [1.54, 1.807) is 24.3 Å². The molecule has 2 heterocycles. The monoisotopic (exact) mass is 378 g/mol. The Kier molecular flexibility index (Phi) is 5.30. The van der Waals surface area contributed by atoms with E-state index < -0.39 is 5.91 Å². The Hall–Kier alpha value is -2.05. The van der Waals surface area contributed by atoms with Crippen LogP contribution in [-0.2, 0) is 0 Å². The van der Waals surface area contributed by atoms with Crippen LogP contribution in [0.2, 0.25) is 5.02 Å². The van der Waals surface area contributed by atoms with Gasteiger partial charge < -0.3 is 15.4 Å². The van der Waals surface area contributed by atoms with Crippen LogP contribution in [0.1, 0.15) is 50.7 Å². The van der Waals surface area contributed by atoms with Gasteiger partial charge in [-0.2, -0.15) is 0 Å². The molecule has 0 aliphatic carbocycles. The molecule has 1 fully saturated rings. The molecule has 0 radical (unpaired) electrons. The number of carbonyl (C=O) groups excluding carboxylic acids is 2. The van der Waals surface area contributed by atoms with Crippen LogP contribution < -0.4 is 10.5 Å². The number of likely N-dealkylation sites (tertiary alicyclic amines) is 1. The van der Waals surface area contributed by atoms with Gasteiger partial charge in [-0.15, -0.1) is 11.3 Å². The zero-order chi connectivity index (χ0) is 18.0. The van der Waals surface area contributed by atoms with Gasteiger partial charge in [0.05, 0.1) is 22.5 Å². The van der Waals surface area contributed by atoms with Crippen molar-refractivity contribution in [3.8, 4) is 5.75 Å². The van der Waals surface area contributed by atoms with Gasteiger partial charge >= 0.3 is 0 Å². The minimum absolute atomic E-state index is 0.0315. The number of hydrogen-bond acceptors (Lipinski definition) is 4. The third kappa shape index (κ3) is 3.65. The van der Waals surface area contributed by atoms with E-state index in [1.807, 2.05) is 17.9 Å². The highest BCUT2D eigenvalue weighted by Gasteiger charge is 2.32. The van der Waals surface area contributed by atoms with Gasteiger partial charge in [-0.3, -0.25) is 9.59 Å². The molecule has 2 aromatic rings. The predicted molar refractivity (Wildman–Crippen MR) is 98.5 cm³/mol. The Morgan fingerprint density at radius 1 is 1.36 bits per heavy atom. The summed E-state index contributed by atoms with van der Waals surface area (Å²) < 4.78 is 5.41.